The monoisotopic (exact) mass is 354 g/mol. The number of hydrogen-bond donors (Lipinski definition) is 1. The number of benzene rings is 2. The van der Waals surface area contributed by atoms with Crippen molar-refractivity contribution >= 4 is 15.9 Å². The topological polar surface area (TPSA) is 38.7 Å². The third-order valence-electron chi connectivity index (χ3n) is 3.06. The van der Waals surface area contributed by atoms with Crippen LogP contribution in [0.5, 0.6) is 11.5 Å². The largest absolute Gasteiger partial charge is 0.494 e. The van der Waals surface area contributed by atoms with Crippen LogP contribution in [0, 0.1) is 5.82 Å². The van der Waals surface area contributed by atoms with Crippen LogP contribution in [-0.2, 0) is 0 Å². The zero-order chi connectivity index (χ0) is 15.4. The quantitative estimate of drug-likeness (QED) is 0.879. The zero-order valence-electron chi connectivity index (χ0n) is 11.8. The van der Waals surface area contributed by atoms with Gasteiger partial charge in [-0.05, 0) is 42.8 Å². The molecule has 112 valence electrons. The molecule has 0 amide bonds. The van der Waals surface area contributed by atoms with Gasteiger partial charge in [0.15, 0.2) is 11.6 Å². The van der Waals surface area contributed by atoms with Gasteiger partial charge in [0.05, 0.1) is 13.7 Å². The molecule has 3 nitrogen and oxygen atoms in total. The fourth-order valence-electron chi connectivity index (χ4n) is 2.05. The molecule has 2 rings (SSSR count). The molecule has 1 unspecified atom stereocenters. The Morgan fingerprint density at radius 2 is 1.90 bits per heavy atom. The lowest BCUT2D eigenvalue weighted by atomic mass is 10.0. The second-order valence-electron chi connectivity index (χ2n) is 4.41. The predicted molar refractivity (Wildman–Crippen MR) is 82.3 cm³/mol. The molecule has 0 bridgehead atoms. The zero-order valence-corrected chi connectivity index (χ0v) is 13.4. The van der Waals surface area contributed by atoms with Crippen molar-refractivity contribution in [3.8, 4) is 11.5 Å². The maximum Gasteiger partial charge on any atom is 0.165 e. The van der Waals surface area contributed by atoms with Crippen molar-refractivity contribution in [3.05, 3.63) is 57.8 Å². The van der Waals surface area contributed by atoms with Gasteiger partial charge in [0.25, 0.3) is 0 Å². The maximum atomic E-state index is 13.8. The Bertz CT molecular complexity index is 631. The van der Waals surface area contributed by atoms with E-state index in [4.69, 9.17) is 9.47 Å². The molecule has 0 saturated heterocycles. The highest BCUT2D eigenvalue weighted by Gasteiger charge is 2.18. The molecule has 2 aromatic rings. The molecule has 2 aromatic carbocycles. The molecule has 1 atom stereocenters. The van der Waals surface area contributed by atoms with Gasteiger partial charge >= 0.3 is 0 Å². The molecule has 0 fully saturated rings. The highest BCUT2D eigenvalue weighted by Crippen LogP contribution is 2.33. The van der Waals surface area contributed by atoms with Gasteiger partial charge in [0, 0.05) is 10.0 Å². The number of hydrogen-bond acceptors (Lipinski definition) is 3. The van der Waals surface area contributed by atoms with Gasteiger partial charge in [0.2, 0.25) is 0 Å². The number of aliphatic hydroxyl groups is 1. The van der Waals surface area contributed by atoms with E-state index in [1.54, 1.807) is 18.2 Å². The molecule has 0 saturated carbocycles. The van der Waals surface area contributed by atoms with Gasteiger partial charge in [-0.3, -0.25) is 0 Å². The first-order valence-corrected chi connectivity index (χ1v) is 7.29. The molecule has 1 N–H and O–H groups in total. The molecule has 0 aromatic heterocycles. The van der Waals surface area contributed by atoms with Crippen molar-refractivity contribution in [3.63, 3.8) is 0 Å². The van der Waals surface area contributed by atoms with Gasteiger partial charge in [-0.15, -0.1) is 0 Å². The Kier molecular flexibility index (Phi) is 5.20. The lowest BCUT2D eigenvalue weighted by Crippen LogP contribution is -2.05. The van der Waals surface area contributed by atoms with Crippen LogP contribution in [-0.4, -0.2) is 18.8 Å². The maximum absolute atomic E-state index is 13.8. The van der Waals surface area contributed by atoms with E-state index < -0.39 is 11.9 Å². The number of rotatable bonds is 5. The van der Waals surface area contributed by atoms with Gasteiger partial charge < -0.3 is 14.6 Å². The van der Waals surface area contributed by atoms with Crippen molar-refractivity contribution in [2.75, 3.05) is 13.7 Å². The van der Waals surface area contributed by atoms with Crippen molar-refractivity contribution in [1.29, 1.82) is 0 Å². The van der Waals surface area contributed by atoms with Gasteiger partial charge in [-0.2, -0.15) is 0 Å². The van der Waals surface area contributed by atoms with E-state index in [1.165, 1.54) is 19.2 Å². The molecule has 0 aliphatic heterocycles. The fourth-order valence-corrected chi connectivity index (χ4v) is 2.43. The summed E-state index contributed by atoms with van der Waals surface area (Å²) in [4.78, 5) is 0. The van der Waals surface area contributed by atoms with Crippen molar-refractivity contribution in [2.45, 2.75) is 13.0 Å². The minimum atomic E-state index is -0.982. The van der Waals surface area contributed by atoms with E-state index in [0.717, 1.165) is 4.47 Å². The number of halogens is 2. The molecule has 0 heterocycles. The Labute approximate surface area is 131 Å². The van der Waals surface area contributed by atoms with E-state index >= 15 is 0 Å². The Morgan fingerprint density at radius 1 is 1.19 bits per heavy atom. The second kappa shape index (κ2) is 6.91. The highest BCUT2D eigenvalue weighted by atomic mass is 79.9. The Balaban J connectivity index is 2.41. The average Bonchev–Trinajstić information content (AvgIpc) is 2.48. The Morgan fingerprint density at radius 3 is 2.52 bits per heavy atom. The molecule has 21 heavy (non-hydrogen) atoms. The molecular weight excluding hydrogens is 339 g/mol. The minimum absolute atomic E-state index is 0.144. The Hall–Kier alpha value is -1.59. The number of methoxy groups -OCH3 is 1. The summed E-state index contributed by atoms with van der Waals surface area (Å²) in [6, 6.07) is 9.75. The highest BCUT2D eigenvalue weighted by molar-refractivity contribution is 9.10. The molecule has 5 heteroatoms. The van der Waals surface area contributed by atoms with Crippen LogP contribution in [0.15, 0.2) is 40.9 Å². The predicted octanol–water partition coefficient (Wildman–Crippen LogP) is 4.08. The number of ether oxygens (including phenoxy) is 2. The van der Waals surface area contributed by atoms with Crippen LogP contribution in [0.25, 0.3) is 0 Å². The summed E-state index contributed by atoms with van der Waals surface area (Å²) in [6.45, 7) is 2.35. The van der Waals surface area contributed by atoms with Gasteiger partial charge in [0.1, 0.15) is 11.9 Å². The summed E-state index contributed by atoms with van der Waals surface area (Å²) in [6.07, 6.45) is -0.982. The third-order valence-corrected chi connectivity index (χ3v) is 3.55. The van der Waals surface area contributed by atoms with E-state index in [2.05, 4.69) is 15.9 Å². The summed E-state index contributed by atoms with van der Waals surface area (Å²) >= 11 is 3.36. The van der Waals surface area contributed by atoms with E-state index in [1.807, 2.05) is 13.0 Å². The van der Waals surface area contributed by atoms with Gasteiger partial charge in [-0.25, -0.2) is 4.39 Å². The lowest BCUT2D eigenvalue weighted by Gasteiger charge is -2.17. The van der Waals surface area contributed by atoms with Crippen molar-refractivity contribution in [1.82, 2.24) is 0 Å². The molecular formula is C16H16BrFO3. The summed E-state index contributed by atoms with van der Waals surface area (Å²) in [5, 5.41) is 10.5. The summed E-state index contributed by atoms with van der Waals surface area (Å²) in [7, 11) is 1.40. The summed E-state index contributed by atoms with van der Waals surface area (Å²) < 4.78 is 25.0. The average molecular weight is 355 g/mol. The second-order valence-corrected chi connectivity index (χ2v) is 5.33. The van der Waals surface area contributed by atoms with Crippen LogP contribution in [0.1, 0.15) is 24.2 Å². The number of aliphatic hydroxyl groups excluding tert-OH is 1. The van der Waals surface area contributed by atoms with E-state index in [0.29, 0.717) is 23.5 Å². The normalized spacial score (nSPS) is 12.0. The van der Waals surface area contributed by atoms with Crippen LogP contribution in [0.3, 0.4) is 0 Å². The lowest BCUT2D eigenvalue weighted by molar-refractivity contribution is 0.211. The SMILES string of the molecule is CCOc1ccc(Br)cc1C(O)c1ccc(OC)c(F)c1. The molecule has 0 radical (unpaired) electrons. The summed E-state index contributed by atoms with van der Waals surface area (Å²) in [5.74, 6) is 0.205. The molecule has 0 aliphatic carbocycles. The van der Waals surface area contributed by atoms with Crippen LogP contribution < -0.4 is 9.47 Å². The fraction of sp³-hybridized carbons (Fsp3) is 0.250. The minimum Gasteiger partial charge on any atom is -0.494 e. The van der Waals surface area contributed by atoms with Crippen LogP contribution in [0.2, 0.25) is 0 Å². The van der Waals surface area contributed by atoms with Crippen molar-refractivity contribution < 1.29 is 19.0 Å². The molecule has 0 aliphatic rings. The first-order chi connectivity index (χ1) is 10.1. The molecule has 0 spiro atoms. The smallest absolute Gasteiger partial charge is 0.165 e. The third kappa shape index (κ3) is 3.54. The first-order valence-electron chi connectivity index (χ1n) is 6.50. The van der Waals surface area contributed by atoms with Gasteiger partial charge in [-0.1, -0.05) is 22.0 Å². The standard InChI is InChI=1S/C16H16BrFO3/c1-3-21-14-7-5-11(17)9-12(14)16(19)10-4-6-15(20-2)13(18)8-10/h4-9,16,19H,3H2,1-2H3. The van der Waals surface area contributed by atoms with Crippen LogP contribution in [0.4, 0.5) is 4.39 Å². The van der Waals surface area contributed by atoms with E-state index in [9.17, 15) is 9.50 Å². The van der Waals surface area contributed by atoms with Crippen LogP contribution >= 0.6 is 15.9 Å². The summed E-state index contributed by atoms with van der Waals surface area (Å²) in [5.41, 5.74) is 1.02. The van der Waals surface area contributed by atoms with E-state index in [-0.39, 0.29) is 5.75 Å². The van der Waals surface area contributed by atoms with Crippen molar-refractivity contribution in [2.24, 2.45) is 0 Å². The first kappa shape index (κ1) is 15.8.